The first-order chi connectivity index (χ1) is 14.0. The number of rotatable bonds is 6. The number of nitrogens with one attached hydrogen (secondary N) is 2. The second-order valence-corrected chi connectivity index (χ2v) is 6.10. The number of phenolic OH excluding ortho intramolecular Hbond substituents is 1. The van der Waals surface area contributed by atoms with Gasteiger partial charge in [-0.05, 0) is 36.2 Å². The number of phenols is 1. The van der Waals surface area contributed by atoms with E-state index in [-0.39, 0.29) is 11.5 Å². The van der Waals surface area contributed by atoms with Crippen molar-refractivity contribution in [1.29, 1.82) is 0 Å². The molecule has 0 aliphatic heterocycles. The number of hydrogen-bond acceptors (Lipinski definition) is 7. The SMILES string of the molecule is N/N=C(/CCc1ccc(-n2ccnc(Nc3cccc(O)c3F)c2=O)cc1)NN. The Morgan fingerprint density at radius 3 is 2.69 bits per heavy atom. The summed E-state index contributed by atoms with van der Waals surface area (Å²) in [6, 6.07) is 11.4. The Kier molecular flexibility index (Phi) is 6.05. The summed E-state index contributed by atoms with van der Waals surface area (Å²) in [7, 11) is 0. The van der Waals surface area contributed by atoms with Gasteiger partial charge in [0.2, 0.25) is 0 Å². The van der Waals surface area contributed by atoms with E-state index >= 15 is 0 Å². The van der Waals surface area contributed by atoms with Gasteiger partial charge in [0.15, 0.2) is 17.4 Å². The largest absolute Gasteiger partial charge is 0.505 e. The Morgan fingerprint density at radius 2 is 2.00 bits per heavy atom. The lowest BCUT2D eigenvalue weighted by Gasteiger charge is -2.11. The van der Waals surface area contributed by atoms with Crippen LogP contribution in [-0.2, 0) is 6.42 Å². The Balaban J connectivity index is 1.82. The molecule has 29 heavy (non-hydrogen) atoms. The third-order valence-electron chi connectivity index (χ3n) is 4.26. The van der Waals surface area contributed by atoms with Crippen LogP contribution in [-0.4, -0.2) is 20.5 Å². The van der Waals surface area contributed by atoms with Crippen molar-refractivity contribution in [2.75, 3.05) is 5.32 Å². The van der Waals surface area contributed by atoms with Gasteiger partial charge < -0.3 is 21.7 Å². The molecule has 10 heteroatoms. The summed E-state index contributed by atoms with van der Waals surface area (Å²) in [6.45, 7) is 0. The number of benzene rings is 2. The Hall–Kier alpha value is -3.92. The van der Waals surface area contributed by atoms with Crippen LogP contribution in [0.25, 0.3) is 5.69 Å². The average molecular weight is 397 g/mol. The first-order valence-electron chi connectivity index (χ1n) is 8.68. The highest BCUT2D eigenvalue weighted by molar-refractivity contribution is 5.81. The third kappa shape index (κ3) is 4.50. The molecule has 7 N–H and O–H groups in total. The maximum absolute atomic E-state index is 14.0. The summed E-state index contributed by atoms with van der Waals surface area (Å²) in [4.78, 5) is 16.7. The van der Waals surface area contributed by atoms with Gasteiger partial charge in [-0.25, -0.2) is 15.2 Å². The molecule has 150 valence electrons. The second-order valence-electron chi connectivity index (χ2n) is 6.10. The Bertz CT molecular complexity index is 1080. The van der Waals surface area contributed by atoms with Gasteiger partial charge in [0.25, 0.3) is 5.56 Å². The predicted molar refractivity (Wildman–Crippen MR) is 108 cm³/mol. The molecule has 0 aliphatic carbocycles. The molecule has 0 amide bonds. The van der Waals surface area contributed by atoms with Crippen LogP contribution in [0.2, 0.25) is 0 Å². The van der Waals surface area contributed by atoms with Crippen LogP contribution < -0.4 is 28.0 Å². The van der Waals surface area contributed by atoms with Crippen molar-refractivity contribution in [3.63, 3.8) is 0 Å². The molecule has 0 saturated carbocycles. The molecule has 0 unspecified atom stereocenters. The molecule has 1 heterocycles. The molecule has 0 aliphatic rings. The quantitative estimate of drug-likeness (QED) is 0.183. The second kappa shape index (κ2) is 8.85. The van der Waals surface area contributed by atoms with E-state index in [1.165, 1.54) is 35.2 Å². The topological polar surface area (TPSA) is 144 Å². The van der Waals surface area contributed by atoms with Crippen LogP contribution >= 0.6 is 0 Å². The van der Waals surface area contributed by atoms with E-state index in [0.29, 0.717) is 24.4 Å². The van der Waals surface area contributed by atoms with Crippen molar-refractivity contribution in [2.45, 2.75) is 12.8 Å². The van der Waals surface area contributed by atoms with Gasteiger partial charge in [-0.2, -0.15) is 5.10 Å². The van der Waals surface area contributed by atoms with Crippen molar-refractivity contribution in [3.8, 4) is 11.4 Å². The van der Waals surface area contributed by atoms with Crippen molar-refractivity contribution in [3.05, 3.63) is 76.6 Å². The summed E-state index contributed by atoms with van der Waals surface area (Å²) >= 11 is 0. The summed E-state index contributed by atoms with van der Waals surface area (Å²) in [5.41, 5.74) is 3.53. The molecule has 0 bridgehead atoms. The van der Waals surface area contributed by atoms with Gasteiger partial charge in [-0.15, -0.1) is 0 Å². The van der Waals surface area contributed by atoms with Gasteiger partial charge >= 0.3 is 0 Å². The number of hydrazone groups is 1. The molecule has 1 aromatic heterocycles. The minimum atomic E-state index is -0.860. The van der Waals surface area contributed by atoms with Crippen LogP contribution in [0, 0.1) is 5.82 Å². The normalized spacial score (nSPS) is 11.3. The number of aromatic nitrogens is 2. The van der Waals surface area contributed by atoms with E-state index in [1.807, 2.05) is 12.1 Å². The summed E-state index contributed by atoms with van der Waals surface area (Å²) in [6.07, 6.45) is 4.15. The number of nitrogens with two attached hydrogens (primary N) is 2. The van der Waals surface area contributed by atoms with Gasteiger partial charge in [-0.3, -0.25) is 9.36 Å². The van der Waals surface area contributed by atoms with E-state index in [4.69, 9.17) is 11.7 Å². The molecule has 0 fully saturated rings. The number of anilines is 2. The van der Waals surface area contributed by atoms with E-state index in [1.54, 1.807) is 12.1 Å². The zero-order valence-electron chi connectivity index (χ0n) is 15.3. The summed E-state index contributed by atoms with van der Waals surface area (Å²) in [5, 5.41) is 15.6. The molecular weight excluding hydrogens is 377 g/mol. The number of nitrogens with zero attached hydrogens (tertiary/aromatic N) is 3. The molecule has 3 aromatic rings. The van der Waals surface area contributed by atoms with Crippen LogP contribution in [0.15, 0.2) is 64.8 Å². The third-order valence-corrected chi connectivity index (χ3v) is 4.26. The summed E-state index contributed by atoms with van der Waals surface area (Å²) < 4.78 is 15.4. The van der Waals surface area contributed by atoms with Crippen molar-refractivity contribution < 1.29 is 9.50 Å². The number of aryl methyl sites for hydroxylation is 1. The molecule has 0 saturated heterocycles. The molecular formula is C19H20FN7O2. The van der Waals surface area contributed by atoms with Gasteiger partial charge in [0.1, 0.15) is 5.84 Å². The molecule has 9 nitrogen and oxygen atoms in total. The summed E-state index contributed by atoms with van der Waals surface area (Å²) in [5.74, 6) is 9.54. The Morgan fingerprint density at radius 1 is 1.24 bits per heavy atom. The maximum atomic E-state index is 14.0. The van der Waals surface area contributed by atoms with Crippen molar-refractivity contribution in [2.24, 2.45) is 16.8 Å². The Labute approximate surface area is 165 Å². The zero-order valence-corrected chi connectivity index (χ0v) is 15.3. The standard InChI is InChI=1S/C19H20FN7O2/c20-17-14(2-1-3-15(17)28)24-18-19(29)27(11-10-23-18)13-7-4-12(5-8-13)6-9-16(25-21)26-22/h1-5,7-8,10-11,28H,6,9,21-22H2,(H,23,24)(H,25,26). The van der Waals surface area contributed by atoms with Crippen LogP contribution in [0.3, 0.4) is 0 Å². The predicted octanol–water partition coefficient (Wildman–Crippen LogP) is 1.49. The van der Waals surface area contributed by atoms with E-state index in [9.17, 15) is 14.3 Å². The number of halogens is 1. The molecule has 0 radical (unpaired) electrons. The lowest BCUT2D eigenvalue weighted by atomic mass is 10.1. The molecule has 3 rings (SSSR count). The average Bonchev–Trinajstić information content (AvgIpc) is 2.74. The molecule has 0 atom stereocenters. The first-order valence-corrected chi connectivity index (χ1v) is 8.68. The number of aromatic hydroxyl groups is 1. The lowest BCUT2D eigenvalue weighted by Crippen LogP contribution is -2.31. The van der Waals surface area contributed by atoms with Gasteiger partial charge in [-0.1, -0.05) is 18.2 Å². The fourth-order valence-corrected chi connectivity index (χ4v) is 2.70. The minimum absolute atomic E-state index is 0.0476. The van der Waals surface area contributed by atoms with Crippen LogP contribution in [0.1, 0.15) is 12.0 Å². The van der Waals surface area contributed by atoms with Crippen molar-refractivity contribution in [1.82, 2.24) is 15.0 Å². The number of amidine groups is 1. The van der Waals surface area contributed by atoms with Crippen LogP contribution in [0.5, 0.6) is 5.75 Å². The highest BCUT2D eigenvalue weighted by Crippen LogP contribution is 2.24. The fraction of sp³-hybridized carbons (Fsp3) is 0.105. The van der Waals surface area contributed by atoms with Crippen LogP contribution in [0.4, 0.5) is 15.9 Å². The van der Waals surface area contributed by atoms with Gasteiger partial charge in [0.05, 0.1) is 5.69 Å². The highest BCUT2D eigenvalue weighted by atomic mass is 19.1. The lowest BCUT2D eigenvalue weighted by molar-refractivity contribution is 0.434. The van der Waals surface area contributed by atoms with E-state index in [0.717, 1.165) is 5.56 Å². The maximum Gasteiger partial charge on any atom is 0.298 e. The van der Waals surface area contributed by atoms with E-state index < -0.39 is 17.1 Å². The molecule has 2 aromatic carbocycles. The monoisotopic (exact) mass is 397 g/mol. The van der Waals surface area contributed by atoms with E-state index in [2.05, 4.69) is 20.8 Å². The number of hydrazine groups is 1. The zero-order chi connectivity index (χ0) is 20.8. The highest BCUT2D eigenvalue weighted by Gasteiger charge is 2.11. The minimum Gasteiger partial charge on any atom is -0.505 e. The first kappa shape index (κ1) is 19.8. The number of hydrogen-bond donors (Lipinski definition) is 5. The smallest absolute Gasteiger partial charge is 0.298 e. The van der Waals surface area contributed by atoms with Gasteiger partial charge in [0, 0.05) is 24.5 Å². The molecule has 0 spiro atoms. The fourth-order valence-electron chi connectivity index (χ4n) is 2.70. The van der Waals surface area contributed by atoms with Crippen molar-refractivity contribution >= 4 is 17.3 Å².